The van der Waals surface area contributed by atoms with Gasteiger partial charge in [-0.15, -0.1) is 0 Å². The number of nitrogen functional groups attached to an aromatic ring is 1. The molecular weight excluding hydrogens is 250 g/mol. The normalized spacial score (nSPS) is 10.2. The fraction of sp³-hybridized carbons (Fsp3) is 0.250. The number of amides is 1. The van der Waals surface area contributed by atoms with Gasteiger partial charge in [0.25, 0.3) is 5.91 Å². The van der Waals surface area contributed by atoms with Crippen molar-refractivity contribution in [2.24, 2.45) is 0 Å². The Morgan fingerprint density at radius 3 is 2.55 bits per heavy atom. The molecule has 3 N–H and O–H groups in total. The summed E-state index contributed by atoms with van der Waals surface area (Å²) in [6.07, 6.45) is 4.91. The van der Waals surface area contributed by atoms with Crippen molar-refractivity contribution in [1.29, 1.82) is 0 Å². The number of rotatable bonds is 5. The molecule has 0 aliphatic rings. The molecule has 104 valence electrons. The molecule has 0 saturated carbocycles. The zero-order chi connectivity index (χ0) is 14.4. The van der Waals surface area contributed by atoms with Crippen LogP contribution in [0.3, 0.4) is 0 Å². The van der Waals surface area contributed by atoms with Crippen molar-refractivity contribution in [3.63, 3.8) is 0 Å². The van der Waals surface area contributed by atoms with Crippen molar-refractivity contribution in [2.45, 2.75) is 26.2 Å². The van der Waals surface area contributed by atoms with E-state index >= 15 is 0 Å². The first-order valence-electron chi connectivity index (χ1n) is 6.81. The Bertz CT molecular complexity index is 561. The number of anilines is 2. The fourth-order valence-corrected chi connectivity index (χ4v) is 1.87. The largest absolute Gasteiger partial charge is 0.397 e. The molecule has 0 radical (unpaired) electrons. The van der Waals surface area contributed by atoms with Gasteiger partial charge in [-0.3, -0.25) is 4.79 Å². The molecule has 1 aromatic carbocycles. The standard InChI is InChI=1S/C16H19N3O/c1-2-3-4-12-5-8-14(9-6-12)19-16(20)15-10-7-13(17)11-18-15/h5-11H,2-4,17H2,1H3,(H,19,20). The smallest absolute Gasteiger partial charge is 0.274 e. The van der Waals surface area contributed by atoms with Crippen molar-refractivity contribution in [3.05, 3.63) is 53.9 Å². The van der Waals surface area contributed by atoms with E-state index in [1.54, 1.807) is 12.1 Å². The maximum Gasteiger partial charge on any atom is 0.274 e. The third-order valence-corrected chi connectivity index (χ3v) is 3.05. The molecule has 1 heterocycles. The molecule has 4 heteroatoms. The number of nitrogens with one attached hydrogen (secondary N) is 1. The number of pyridine rings is 1. The van der Waals surface area contributed by atoms with Crippen LogP contribution in [-0.4, -0.2) is 10.9 Å². The number of hydrogen-bond donors (Lipinski definition) is 2. The van der Waals surface area contributed by atoms with Gasteiger partial charge in [0.1, 0.15) is 5.69 Å². The molecule has 0 unspecified atom stereocenters. The fourth-order valence-electron chi connectivity index (χ4n) is 1.87. The lowest BCUT2D eigenvalue weighted by Crippen LogP contribution is -2.13. The van der Waals surface area contributed by atoms with Crippen molar-refractivity contribution in [2.75, 3.05) is 11.1 Å². The van der Waals surface area contributed by atoms with Gasteiger partial charge in [-0.1, -0.05) is 25.5 Å². The summed E-state index contributed by atoms with van der Waals surface area (Å²) < 4.78 is 0. The molecule has 0 fully saturated rings. The number of nitrogens with two attached hydrogens (primary N) is 1. The van der Waals surface area contributed by atoms with E-state index in [0.29, 0.717) is 11.4 Å². The Hall–Kier alpha value is -2.36. The Morgan fingerprint density at radius 2 is 1.95 bits per heavy atom. The van der Waals surface area contributed by atoms with Crippen LogP contribution >= 0.6 is 0 Å². The Balaban J connectivity index is 1.99. The molecule has 0 bridgehead atoms. The molecular formula is C16H19N3O. The van der Waals surface area contributed by atoms with Crippen molar-refractivity contribution >= 4 is 17.3 Å². The molecule has 1 amide bonds. The average molecular weight is 269 g/mol. The molecule has 0 atom stereocenters. The summed E-state index contributed by atoms with van der Waals surface area (Å²) >= 11 is 0. The average Bonchev–Trinajstić information content (AvgIpc) is 2.47. The maximum absolute atomic E-state index is 12.0. The summed E-state index contributed by atoms with van der Waals surface area (Å²) in [5, 5.41) is 2.82. The SMILES string of the molecule is CCCCc1ccc(NC(=O)c2ccc(N)cn2)cc1. The number of unbranched alkanes of at least 4 members (excludes halogenated alkanes) is 1. The number of aromatic nitrogens is 1. The summed E-state index contributed by atoms with van der Waals surface area (Å²) in [7, 11) is 0. The molecule has 2 aromatic rings. The Labute approximate surface area is 119 Å². The molecule has 0 saturated heterocycles. The predicted octanol–water partition coefficient (Wildman–Crippen LogP) is 3.26. The van der Waals surface area contributed by atoms with Gasteiger partial charge in [-0.25, -0.2) is 4.98 Å². The minimum absolute atomic E-state index is 0.230. The van der Waals surface area contributed by atoms with E-state index in [9.17, 15) is 4.79 Å². The van der Waals surface area contributed by atoms with Crippen LogP contribution < -0.4 is 11.1 Å². The van der Waals surface area contributed by atoms with Gasteiger partial charge < -0.3 is 11.1 Å². The molecule has 2 rings (SSSR count). The number of benzene rings is 1. The molecule has 1 aromatic heterocycles. The molecule has 0 spiro atoms. The van der Waals surface area contributed by atoms with Gasteiger partial charge >= 0.3 is 0 Å². The highest BCUT2D eigenvalue weighted by Gasteiger charge is 2.07. The van der Waals surface area contributed by atoms with Crippen LogP contribution in [0, 0.1) is 0 Å². The van der Waals surface area contributed by atoms with E-state index < -0.39 is 0 Å². The van der Waals surface area contributed by atoms with Crippen molar-refractivity contribution in [1.82, 2.24) is 4.98 Å². The number of carbonyl (C=O) groups excluding carboxylic acids is 1. The second-order valence-electron chi connectivity index (χ2n) is 4.73. The Kier molecular flexibility index (Phi) is 4.71. The number of hydrogen-bond acceptors (Lipinski definition) is 3. The highest BCUT2D eigenvalue weighted by atomic mass is 16.1. The quantitative estimate of drug-likeness (QED) is 0.875. The summed E-state index contributed by atoms with van der Waals surface area (Å²) in [4.78, 5) is 16.0. The zero-order valence-electron chi connectivity index (χ0n) is 11.6. The van der Waals surface area contributed by atoms with Crippen LogP contribution in [0.5, 0.6) is 0 Å². The van der Waals surface area contributed by atoms with E-state index in [2.05, 4.69) is 17.2 Å². The van der Waals surface area contributed by atoms with Gasteiger partial charge in [-0.05, 0) is 42.7 Å². The summed E-state index contributed by atoms with van der Waals surface area (Å²) in [6, 6.07) is 11.2. The zero-order valence-corrected chi connectivity index (χ0v) is 11.6. The van der Waals surface area contributed by atoms with Gasteiger partial charge in [0, 0.05) is 5.69 Å². The van der Waals surface area contributed by atoms with Crippen LogP contribution in [-0.2, 0) is 6.42 Å². The lowest BCUT2D eigenvalue weighted by molar-refractivity contribution is 0.102. The number of aryl methyl sites for hydroxylation is 1. The van der Waals surface area contributed by atoms with Gasteiger partial charge in [0.15, 0.2) is 0 Å². The summed E-state index contributed by atoms with van der Waals surface area (Å²) in [5.74, 6) is -0.230. The highest BCUT2D eigenvalue weighted by molar-refractivity contribution is 6.02. The van der Waals surface area contributed by atoms with Gasteiger partial charge in [0.05, 0.1) is 11.9 Å². The second-order valence-corrected chi connectivity index (χ2v) is 4.73. The first-order valence-corrected chi connectivity index (χ1v) is 6.81. The molecule has 4 nitrogen and oxygen atoms in total. The van der Waals surface area contributed by atoms with E-state index in [1.165, 1.54) is 24.6 Å². The van der Waals surface area contributed by atoms with Crippen molar-refractivity contribution < 1.29 is 4.79 Å². The number of nitrogens with zero attached hydrogens (tertiary/aromatic N) is 1. The first-order chi connectivity index (χ1) is 9.69. The topological polar surface area (TPSA) is 68.0 Å². The van der Waals surface area contributed by atoms with E-state index in [1.807, 2.05) is 24.3 Å². The third kappa shape index (κ3) is 3.82. The Morgan fingerprint density at radius 1 is 1.20 bits per heavy atom. The molecule has 0 aliphatic heterocycles. The van der Waals surface area contributed by atoms with Gasteiger partial charge in [-0.2, -0.15) is 0 Å². The maximum atomic E-state index is 12.0. The minimum atomic E-state index is -0.230. The van der Waals surface area contributed by atoms with E-state index in [0.717, 1.165) is 12.1 Å². The predicted molar refractivity (Wildman–Crippen MR) is 81.7 cm³/mol. The molecule has 20 heavy (non-hydrogen) atoms. The summed E-state index contributed by atoms with van der Waals surface area (Å²) in [6.45, 7) is 2.17. The van der Waals surface area contributed by atoms with Crippen LogP contribution in [0.4, 0.5) is 11.4 Å². The highest BCUT2D eigenvalue weighted by Crippen LogP contribution is 2.13. The number of carbonyl (C=O) groups is 1. The van der Waals surface area contributed by atoms with Crippen LogP contribution in [0.2, 0.25) is 0 Å². The molecule has 0 aliphatic carbocycles. The lowest BCUT2D eigenvalue weighted by Gasteiger charge is -2.06. The van der Waals surface area contributed by atoms with Crippen molar-refractivity contribution in [3.8, 4) is 0 Å². The third-order valence-electron chi connectivity index (χ3n) is 3.05. The van der Waals surface area contributed by atoms with Crippen LogP contribution in [0.1, 0.15) is 35.8 Å². The summed E-state index contributed by atoms with van der Waals surface area (Å²) in [5.41, 5.74) is 8.50. The lowest BCUT2D eigenvalue weighted by atomic mass is 10.1. The second kappa shape index (κ2) is 6.70. The first kappa shape index (κ1) is 14.1. The van der Waals surface area contributed by atoms with E-state index in [4.69, 9.17) is 5.73 Å². The van der Waals surface area contributed by atoms with Crippen LogP contribution in [0.15, 0.2) is 42.6 Å². The minimum Gasteiger partial charge on any atom is -0.397 e. The van der Waals surface area contributed by atoms with Gasteiger partial charge in [0.2, 0.25) is 0 Å². The monoisotopic (exact) mass is 269 g/mol. The van der Waals surface area contributed by atoms with E-state index in [-0.39, 0.29) is 5.91 Å². The van der Waals surface area contributed by atoms with Crippen LogP contribution in [0.25, 0.3) is 0 Å².